The minimum absolute atomic E-state index is 0.140. The number of carboxylic acids is 1. The third-order valence-corrected chi connectivity index (χ3v) is 3.54. The second-order valence-electron chi connectivity index (χ2n) is 5.00. The molecule has 1 aliphatic rings. The zero-order valence-electron chi connectivity index (χ0n) is 11.1. The van der Waals surface area contributed by atoms with Gasteiger partial charge in [-0.2, -0.15) is 0 Å². The lowest BCUT2D eigenvalue weighted by Crippen LogP contribution is -2.31. The van der Waals surface area contributed by atoms with Crippen LogP contribution in [0.5, 0.6) is 5.75 Å². The van der Waals surface area contributed by atoms with Gasteiger partial charge in [-0.15, -0.1) is 0 Å². The zero-order chi connectivity index (χ0) is 14.5. The van der Waals surface area contributed by atoms with E-state index >= 15 is 0 Å². The Morgan fingerprint density at radius 3 is 2.65 bits per heavy atom. The quantitative estimate of drug-likeness (QED) is 0.621. The number of hydrogen-bond acceptors (Lipinski definition) is 3. The van der Waals surface area contributed by atoms with E-state index in [4.69, 9.17) is 5.11 Å². The predicted octanol–water partition coefficient (Wildman–Crippen LogP) is 2.40. The summed E-state index contributed by atoms with van der Waals surface area (Å²) >= 11 is 0. The number of rotatable bonds is 5. The van der Waals surface area contributed by atoms with Crippen LogP contribution in [-0.4, -0.2) is 28.8 Å². The van der Waals surface area contributed by atoms with Gasteiger partial charge in [0.05, 0.1) is 11.3 Å². The molecular formula is C14H18N2O4. The number of carbonyl (C=O) groups is 2. The third kappa shape index (κ3) is 3.63. The van der Waals surface area contributed by atoms with Crippen molar-refractivity contribution in [1.29, 1.82) is 0 Å². The summed E-state index contributed by atoms with van der Waals surface area (Å²) in [6.45, 7) is 0.580. The van der Waals surface area contributed by atoms with Gasteiger partial charge in [-0.05, 0) is 30.5 Å². The molecule has 0 heterocycles. The van der Waals surface area contributed by atoms with Crippen molar-refractivity contribution in [2.24, 2.45) is 5.92 Å². The van der Waals surface area contributed by atoms with Crippen molar-refractivity contribution in [2.45, 2.75) is 25.7 Å². The fraction of sp³-hybridized carbons (Fsp3) is 0.429. The lowest BCUT2D eigenvalue weighted by molar-refractivity contribution is 0.0697. The van der Waals surface area contributed by atoms with Gasteiger partial charge in [-0.1, -0.05) is 19.3 Å². The minimum atomic E-state index is -1.20. The largest absolute Gasteiger partial charge is 0.508 e. The van der Waals surface area contributed by atoms with E-state index in [9.17, 15) is 14.7 Å². The summed E-state index contributed by atoms with van der Waals surface area (Å²) in [5.74, 6) is -0.650. The predicted molar refractivity (Wildman–Crippen MR) is 74.0 cm³/mol. The fourth-order valence-electron chi connectivity index (χ4n) is 2.16. The second kappa shape index (κ2) is 6.27. The Hall–Kier alpha value is -2.24. The van der Waals surface area contributed by atoms with E-state index in [1.54, 1.807) is 0 Å². The Kier molecular flexibility index (Phi) is 4.45. The van der Waals surface area contributed by atoms with E-state index < -0.39 is 12.0 Å². The van der Waals surface area contributed by atoms with Gasteiger partial charge in [-0.3, -0.25) is 0 Å². The molecular weight excluding hydrogens is 260 g/mol. The minimum Gasteiger partial charge on any atom is -0.508 e. The van der Waals surface area contributed by atoms with Crippen LogP contribution in [0, 0.1) is 5.92 Å². The lowest BCUT2D eigenvalue weighted by Gasteiger charge is -2.25. The SMILES string of the molecule is O=C(NCCC1CCC1)Nc1ccc(O)cc1C(=O)O. The highest BCUT2D eigenvalue weighted by Crippen LogP contribution is 2.28. The lowest BCUT2D eigenvalue weighted by atomic mass is 9.83. The highest BCUT2D eigenvalue weighted by Gasteiger charge is 2.17. The Balaban J connectivity index is 1.88. The number of urea groups is 1. The number of carbonyl (C=O) groups excluding carboxylic acids is 1. The molecule has 6 nitrogen and oxygen atoms in total. The van der Waals surface area contributed by atoms with E-state index in [-0.39, 0.29) is 17.0 Å². The van der Waals surface area contributed by atoms with Gasteiger partial charge >= 0.3 is 12.0 Å². The summed E-state index contributed by atoms with van der Waals surface area (Å²) in [4.78, 5) is 22.7. The molecule has 0 saturated heterocycles. The number of phenols is 1. The average molecular weight is 278 g/mol. The number of anilines is 1. The second-order valence-corrected chi connectivity index (χ2v) is 5.00. The topological polar surface area (TPSA) is 98.7 Å². The van der Waals surface area contributed by atoms with Gasteiger partial charge in [0.2, 0.25) is 0 Å². The van der Waals surface area contributed by atoms with Crippen molar-refractivity contribution in [3.05, 3.63) is 23.8 Å². The van der Waals surface area contributed by atoms with Crippen molar-refractivity contribution in [3.8, 4) is 5.75 Å². The Bertz CT molecular complexity index is 512. The molecule has 1 aromatic rings. The van der Waals surface area contributed by atoms with Crippen LogP contribution in [0.15, 0.2) is 18.2 Å². The number of nitrogens with one attached hydrogen (secondary N) is 2. The van der Waals surface area contributed by atoms with Crippen LogP contribution in [0.1, 0.15) is 36.0 Å². The van der Waals surface area contributed by atoms with Gasteiger partial charge in [-0.25, -0.2) is 9.59 Å². The van der Waals surface area contributed by atoms with Crippen LogP contribution in [0.4, 0.5) is 10.5 Å². The molecule has 108 valence electrons. The molecule has 2 amide bonds. The summed E-state index contributed by atoms with van der Waals surface area (Å²) in [6.07, 6.45) is 4.68. The van der Waals surface area contributed by atoms with Crippen molar-refractivity contribution >= 4 is 17.7 Å². The maximum atomic E-state index is 11.7. The molecule has 0 aliphatic heterocycles. The summed E-state index contributed by atoms with van der Waals surface area (Å²) in [5, 5.41) is 23.5. The van der Waals surface area contributed by atoms with Gasteiger partial charge in [0.15, 0.2) is 0 Å². The Morgan fingerprint density at radius 1 is 1.30 bits per heavy atom. The standard InChI is InChI=1S/C14H18N2O4/c17-10-4-5-12(11(8-10)13(18)19)16-14(20)15-7-6-9-2-1-3-9/h4-5,8-9,17H,1-3,6-7H2,(H,18,19)(H2,15,16,20). The van der Waals surface area contributed by atoms with Crippen molar-refractivity contribution < 1.29 is 19.8 Å². The van der Waals surface area contributed by atoms with Crippen LogP contribution >= 0.6 is 0 Å². The van der Waals surface area contributed by atoms with Gasteiger partial charge in [0.25, 0.3) is 0 Å². The van der Waals surface area contributed by atoms with Gasteiger partial charge < -0.3 is 20.8 Å². The first kappa shape index (κ1) is 14.2. The van der Waals surface area contributed by atoms with E-state index in [2.05, 4.69) is 10.6 Å². The molecule has 6 heteroatoms. The number of phenolic OH excluding ortho intramolecular Hbond substituents is 1. The molecule has 2 rings (SSSR count). The first-order valence-electron chi connectivity index (χ1n) is 6.67. The molecule has 0 aromatic heterocycles. The van der Waals surface area contributed by atoms with E-state index in [0.717, 1.165) is 12.5 Å². The van der Waals surface area contributed by atoms with Crippen LogP contribution < -0.4 is 10.6 Å². The van der Waals surface area contributed by atoms with E-state index in [1.807, 2.05) is 0 Å². The maximum absolute atomic E-state index is 11.7. The first-order chi connectivity index (χ1) is 9.56. The van der Waals surface area contributed by atoms with Crippen molar-refractivity contribution in [3.63, 3.8) is 0 Å². The number of hydrogen-bond donors (Lipinski definition) is 4. The smallest absolute Gasteiger partial charge is 0.337 e. The molecule has 1 saturated carbocycles. The number of carboxylic acid groups (broad SMARTS) is 1. The summed E-state index contributed by atoms with van der Waals surface area (Å²) in [5.41, 5.74) is 0.0237. The van der Waals surface area contributed by atoms with Crippen molar-refractivity contribution in [1.82, 2.24) is 5.32 Å². The number of benzene rings is 1. The molecule has 20 heavy (non-hydrogen) atoms. The van der Waals surface area contributed by atoms with Crippen molar-refractivity contribution in [2.75, 3.05) is 11.9 Å². The molecule has 0 unspecified atom stereocenters. The molecule has 1 aromatic carbocycles. The average Bonchev–Trinajstić information content (AvgIpc) is 2.34. The molecule has 0 bridgehead atoms. The van der Waals surface area contributed by atoms with E-state index in [0.29, 0.717) is 12.5 Å². The van der Waals surface area contributed by atoms with Crippen LogP contribution in [0.25, 0.3) is 0 Å². The Morgan fingerprint density at radius 2 is 2.05 bits per heavy atom. The van der Waals surface area contributed by atoms with Gasteiger partial charge in [0.1, 0.15) is 5.75 Å². The Labute approximate surface area is 116 Å². The monoisotopic (exact) mass is 278 g/mol. The zero-order valence-corrected chi connectivity index (χ0v) is 11.1. The molecule has 4 N–H and O–H groups in total. The van der Waals surface area contributed by atoms with Crippen LogP contribution in [0.3, 0.4) is 0 Å². The van der Waals surface area contributed by atoms with E-state index in [1.165, 1.54) is 31.4 Å². The highest BCUT2D eigenvalue weighted by molar-refractivity contribution is 6.00. The first-order valence-corrected chi connectivity index (χ1v) is 6.67. The maximum Gasteiger partial charge on any atom is 0.337 e. The summed E-state index contributed by atoms with van der Waals surface area (Å²) < 4.78 is 0. The number of amides is 2. The molecule has 0 spiro atoms. The van der Waals surface area contributed by atoms with Crippen LogP contribution in [-0.2, 0) is 0 Å². The highest BCUT2D eigenvalue weighted by atomic mass is 16.4. The summed E-state index contributed by atoms with van der Waals surface area (Å²) in [6, 6.07) is 3.37. The number of aromatic carboxylic acids is 1. The summed E-state index contributed by atoms with van der Waals surface area (Å²) in [7, 11) is 0. The molecule has 1 aliphatic carbocycles. The van der Waals surface area contributed by atoms with Crippen LogP contribution in [0.2, 0.25) is 0 Å². The molecule has 0 atom stereocenters. The van der Waals surface area contributed by atoms with Gasteiger partial charge in [0, 0.05) is 6.54 Å². The fourth-order valence-corrected chi connectivity index (χ4v) is 2.16. The normalized spacial score (nSPS) is 14.4. The molecule has 0 radical (unpaired) electrons. The number of aromatic hydroxyl groups is 1. The molecule has 1 fully saturated rings. The third-order valence-electron chi connectivity index (χ3n) is 3.54.